The predicted molar refractivity (Wildman–Crippen MR) is 76.7 cm³/mol. The van der Waals surface area contributed by atoms with Crippen molar-refractivity contribution in [1.82, 2.24) is 9.78 Å². The summed E-state index contributed by atoms with van der Waals surface area (Å²) in [4.78, 5) is 11.9. The number of carbonyl (C=O) groups excluding carboxylic acids is 1. The van der Waals surface area contributed by atoms with Gasteiger partial charge in [0.05, 0.1) is 17.1 Å². The summed E-state index contributed by atoms with van der Waals surface area (Å²) in [5, 5.41) is 7.00. The quantitative estimate of drug-likeness (QED) is 0.874. The zero-order valence-corrected chi connectivity index (χ0v) is 11.6. The summed E-state index contributed by atoms with van der Waals surface area (Å²) in [5.74, 6) is -0.597. The van der Waals surface area contributed by atoms with E-state index < -0.39 is 0 Å². The third-order valence-corrected chi connectivity index (χ3v) is 3.03. The summed E-state index contributed by atoms with van der Waals surface area (Å²) < 4.78 is 14.7. The fraction of sp³-hybridized carbons (Fsp3) is 0.200. The van der Waals surface area contributed by atoms with Crippen molar-refractivity contribution >= 4 is 17.7 Å². The van der Waals surface area contributed by atoms with Gasteiger partial charge in [0.2, 0.25) is 5.91 Å². The second kappa shape index (κ2) is 5.69. The lowest BCUT2D eigenvalue weighted by atomic mass is 10.2. The van der Waals surface area contributed by atoms with Crippen molar-refractivity contribution < 1.29 is 9.18 Å². The molecule has 1 heterocycles. The molecule has 20 heavy (non-hydrogen) atoms. The molecule has 1 N–H and O–H groups in total. The van der Waals surface area contributed by atoms with Crippen molar-refractivity contribution in [2.75, 3.05) is 5.32 Å². The molecule has 0 aliphatic rings. The second-order valence-corrected chi connectivity index (χ2v) is 4.55. The summed E-state index contributed by atoms with van der Waals surface area (Å²) in [6.07, 6.45) is 2.94. The van der Waals surface area contributed by atoms with Crippen LogP contribution in [0.25, 0.3) is 6.08 Å². The van der Waals surface area contributed by atoms with Crippen LogP contribution in [0.15, 0.2) is 30.3 Å². The smallest absolute Gasteiger partial charge is 0.248 e. The number of carbonyl (C=O) groups is 1. The molecule has 0 unspecified atom stereocenters. The van der Waals surface area contributed by atoms with Crippen LogP contribution in [0.1, 0.15) is 17.0 Å². The van der Waals surface area contributed by atoms with Crippen LogP contribution in [-0.4, -0.2) is 15.7 Å². The fourth-order valence-corrected chi connectivity index (χ4v) is 1.90. The molecule has 0 aliphatic heterocycles. The first kappa shape index (κ1) is 14.0. The number of anilines is 1. The van der Waals surface area contributed by atoms with E-state index in [1.165, 1.54) is 18.2 Å². The number of benzene rings is 1. The van der Waals surface area contributed by atoms with Gasteiger partial charge >= 0.3 is 0 Å². The number of aryl methyl sites for hydroxylation is 2. The van der Waals surface area contributed by atoms with Crippen LogP contribution in [0.5, 0.6) is 0 Å². The predicted octanol–water partition coefficient (Wildman–Crippen LogP) is 2.83. The molecule has 5 heteroatoms. The van der Waals surface area contributed by atoms with Gasteiger partial charge in [-0.1, -0.05) is 12.1 Å². The van der Waals surface area contributed by atoms with Crippen LogP contribution in [0.3, 0.4) is 0 Å². The van der Waals surface area contributed by atoms with Crippen LogP contribution in [0.2, 0.25) is 0 Å². The summed E-state index contributed by atoms with van der Waals surface area (Å²) in [5.41, 5.74) is 2.99. The van der Waals surface area contributed by atoms with E-state index in [0.29, 0.717) is 11.3 Å². The second-order valence-electron chi connectivity index (χ2n) is 4.55. The molecule has 2 rings (SSSR count). The molecule has 1 aromatic heterocycles. The Bertz CT molecular complexity index is 674. The van der Waals surface area contributed by atoms with Gasteiger partial charge in [-0.05, 0) is 37.6 Å². The first-order valence-electron chi connectivity index (χ1n) is 6.22. The Balaban J connectivity index is 2.09. The maximum Gasteiger partial charge on any atom is 0.248 e. The summed E-state index contributed by atoms with van der Waals surface area (Å²) in [7, 11) is 1.82. The highest BCUT2D eigenvalue weighted by Gasteiger charge is 2.10. The van der Waals surface area contributed by atoms with E-state index in [-0.39, 0.29) is 11.7 Å². The molecule has 0 bridgehead atoms. The highest BCUT2D eigenvalue weighted by Crippen LogP contribution is 2.18. The molecule has 0 spiro atoms. The Morgan fingerprint density at radius 3 is 2.75 bits per heavy atom. The number of hydrogen-bond acceptors (Lipinski definition) is 2. The average Bonchev–Trinajstić information content (AvgIpc) is 2.63. The standard InChI is InChI=1S/C15H16FN3O/c1-10-15(11(2)19(3)18-10)17-14(20)8-7-12-5-4-6-13(16)9-12/h4-9H,1-3H3,(H,17,20)/b8-7+. The molecule has 104 valence electrons. The van der Waals surface area contributed by atoms with E-state index in [2.05, 4.69) is 10.4 Å². The lowest BCUT2D eigenvalue weighted by Crippen LogP contribution is -2.09. The Labute approximate surface area is 116 Å². The molecule has 0 saturated heterocycles. The van der Waals surface area contributed by atoms with Crippen LogP contribution in [0, 0.1) is 19.7 Å². The van der Waals surface area contributed by atoms with Crippen molar-refractivity contribution in [3.05, 3.63) is 53.1 Å². The molecule has 2 aromatic rings. The zero-order valence-electron chi connectivity index (χ0n) is 11.6. The van der Waals surface area contributed by atoms with Gasteiger partial charge in [0.25, 0.3) is 0 Å². The number of nitrogens with zero attached hydrogens (tertiary/aromatic N) is 2. The number of rotatable bonds is 3. The summed E-state index contributed by atoms with van der Waals surface area (Å²) in [6.45, 7) is 3.71. The lowest BCUT2D eigenvalue weighted by Gasteiger charge is -2.02. The lowest BCUT2D eigenvalue weighted by molar-refractivity contribution is -0.111. The number of amides is 1. The van der Waals surface area contributed by atoms with Crippen molar-refractivity contribution in [2.45, 2.75) is 13.8 Å². The van der Waals surface area contributed by atoms with Gasteiger partial charge in [-0.25, -0.2) is 4.39 Å². The van der Waals surface area contributed by atoms with E-state index in [1.807, 2.05) is 20.9 Å². The van der Waals surface area contributed by atoms with E-state index in [9.17, 15) is 9.18 Å². The van der Waals surface area contributed by atoms with Crippen molar-refractivity contribution in [3.63, 3.8) is 0 Å². The summed E-state index contributed by atoms with van der Waals surface area (Å²) in [6, 6.07) is 6.06. The largest absolute Gasteiger partial charge is 0.319 e. The van der Waals surface area contributed by atoms with Crippen LogP contribution in [0.4, 0.5) is 10.1 Å². The highest BCUT2D eigenvalue weighted by atomic mass is 19.1. The Morgan fingerprint density at radius 2 is 2.15 bits per heavy atom. The molecule has 0 fully saturated rings. The van der Waals surface area contributed by atoms with Gasteiger partial charge in [0.1, 0.15) is 5.82 Å². The van der Waals surface area contributed by atoms with Crippen LogP contribution >= 0.6 is 0 Å². The first-order chi connectivity index (χ1) is 9.47. The third-order valence-electron chi connectivity index (χ3n) is 3.03. The minimum Gasteiger partial charge on any atom is -0.319 e. The topological polar surface area (TPSA) is 46.9 Å². The molecule has 0 aliphatic carbocycles. The SMILES string of the molecule is Cc1nn(C)c(C)c1NC(=O)/C=C/c1cccc(F)c1. The molecule has 0 radical (unpaired) electrons. The fourth-order valence-electron chi connectivity index (χ4n) is 1.90. The van der Waals surface area contributed by atoms with Gasteiger partial charge in [0, 0.05) is 13.1 Å². The van der Waals surface area contributed by atoms with E-state index in [0.717, 1.165) is 11.4 Å². The highest BCUT2D eigenvalue weighted by molar-refractivity contribution is 6.02. The Morgan fingerprint density at radius 1 is 1.40 bits per heavy atom. The van der Waals surface area contributed by atoms with Gasteiger partial charge in [-0.3, -0.25) is 9.48 Å². The first-order valence-corrected chi connectivity index (χ1v) is 6.22. The minimum atomic E-state index is -0.327. The number of hydrogen-bond donors (Lipinski definition) is 1. The van der Waals surface area contributed by atoms with Crippen molar-refractivity contribution in [1.29, 1.82) is 0 Å². The van der Waals surface area contributed by atoms with Crippen molar-refractivity contribution in [2.24, 2.45) is 7.05 Å². The van der Waals surface area contributed by atoms with Crippen LogP contribution in [-0.2, 0) is 11.8 Å². The third kappa shape index (κ3) is 3.12. The summed E-state index contributed by atoms with van der Waals surface area (Å²) >= 11 is 0. The van der Waals surface area contributed by atoms with Gasteiger partial charge < -0.3 is 5.32 Å². The molecule has 4 nitrogen and oxygen atoms in total. The maximum atomic E-state index is 13.0. The minimum absolute atomic E-state index is 0.270. The molecule has 1 aromatic carbocycles. The van der Waals surface area contributed by atoms with Crippen molar-refractivity contribution in [3.8, 4) is 0 Å². The number of halogens is 1. The van der Waals surface area contributed by atoms with E-state index >= 15 is 0 Å². The van der Waals surface area contributed by atoms with E-state index in [1.54, 1.807) is 22.9 Å². The number of aromatic nitrogens is 2. The molecular formula is C15H16FN3O. The Hall–Kier alpha value is -2.43. The van der Waals surface area contributed by atoms with Gasteiger partial charge in [-0.15, -0.1) is 0 Å². The zero-order chi connectivity index (χ0) is 14.7. The molecule has 0 atom stereocenters. The molecule has 0 saturated carbocycles. The maximum absolute atomic E-state index is 13.0. The number of nitrogens with one attached hydrogen (secondary N) is 1. The normalized spacial score (nSPS) is 11.0. The average molecular weight is 273 g/mol. The molecular weight excluding hydrogens is 257 g/mol. The Kier molecular flexibility index (Phi) is 3.98. The van der Waals surface area contributed by atoms with Crippen LogP contribution < -0.4 is 5.32 Å². The van der Waals surface area contributed by atoms with Gasteiger partial charge in [0.15, 0.2) is 0 Å². The van der Waals surface area contributed by atoms with E-state index in [4.69, 9.17) is 0 Å². The van der Waals surface area contributed by atoms with Gasteiger partial charge in [-0.2, -0.15) is 5.10 Å². The monoisotopic (exact) mass is 273 g/mol. The molecule has 1 amide bonds.